The molecule has 0 spiro atoms. The molecule has 1 atom stereocenters. The monoisotopic (exact) mass is 757 g/mol. The molecule has 1 unspecified atom stereocenters. The van der Waals surface area contributed by atoms with Crippen molar-refractivity contribution in [1.82, 2.24) is 4.57 Å². The molecule has 1 nitrogen and oxygen atoms in total. The van der Waals surface area contributed by atoms with Gasteiger partial charge in [0.05, 0.1) is 16.8 Å². The molecule has 59 heavy (non-hydrogen) atoms. The minimum atomic E-state index is -0.424. The first-order valence-corrected chi connectivity index (χ1v) is 20.9. The fourth-order valence-corrected chi connectivity index (χ4v) is 9.74. The van der Waals surface area contributed by atoms with E-state index in [1.54, 1.807) is 0 Å². The van der Waals surface area contributed by atoms with E-state index in [2.05, 4.69) is 238 Å². The molecular weight excluding hydrogens is 711 g/mol. The lowest BCUT2D eigenvalue weighted by Crippen LogP contribution is -2.28. The van der Waals surface area contributed by atoms with Gasteiger partial charge in [0.15, 0.2) is 0 Å². The highest BCUT2D eigenvalue weighted by atomic mass is 15.0. The number of hydrogen-bond acceptors (Lipinski definition) is 0. The molecule has 2 aliphatic carbocycles. The minimum Gasteiger partial charge on any atom is -0.309 e. The maximum atomic E-state index is 2.45. The summed E-state index contributed by atoms with van der Waals surface area (Å²) in [5.74, 6) is 0.542. The lowest BCUT2D eigenvalue weighted by molar-refractivity contribution is 0.696. The van der Waals surface area contributed by atoms with Gasteiger partial charge in [0, 0.05) is 5.69 Å². The molecule has 2 aliphatic rings. The highest BCUT2D eigenvalue weighted by molar-refractivity contribution is 5.88. The van der Waals surface area contributed by atoms with Gasteiger partial charge in [-0.1, -0.05) is 189 Å². The summed E-state index contributed by atoms with van der Waals surface area (Å²) < 4.78 is 2.40. The van der Waals surface area contributed by atoms with Gasteiger partial charge in [-0.05, 0) is 134 Å². The highest BCUT2D eigenvalue weighted by Crippen LogP contribution is 2.56. The zero-order valence-electron chi connectivity index (χ0n) is 33.9. The van der Waals surface area contributed by atoms with Gasteiger partial charge >= 0.3 is 0 Å². The maximum absolute atomic E-state index is 2.45. The summed E-state index contributed by atoms with van der Waals surface area (Å²) in [4.78, 5) is 0. The molecule has 1 aromatic heterocycles. The zero-order chi connectivity index (χ0) is 39.9. The standard InChI is InChI=1S/C58H47N/c1-40-16-15-17-41(2)53(40)38-42(3)43-26-30-45(31-27-43)56-36-37-57(59(56)50-22-11-6-12-23-50)46-32-28-44(29-33-46)47-34-35-52-51-24-13-14-25-54(51)58(55(52)39-47,48-18-7-4-8-19-48)49-20-9-5-10-21-49/h4-16,18-39,41H,17H2,1-3H3/b42-38+. The summed E-state index contributed by atoms with van der Waals surface area (Å²) in [6, 6.07) is 71.6. The predicted octanol–water partition coefficient (Wildman–Crippen LogP) is 15.2. The maximum Gasteiger partial charge on any atom is 0.0713 e. The van der Waals surface area contributed by atoms with Crippen LogP contribution < -0.4 is 0 Å². The quantitative estimate of drug-likeness (QED) is 0.145. The molecule has 0 fully saturated rings. The van der Waals surface area contributed by atoms with Crippen LogP contribution in [0.4, 0.5) is 0 Å². The van der Waals surface area contributed by atoms with Gasteiger partial charge in [-0.15, -0.1) is 0 Å². The fraction of sp³-hybridized carbons (Fsp3) is 0.103. The van der Waals surface area contributed by atoms with Crippen LogP contribution in [-0.2, 0) is 5.41 Å². The Morgan fingerprint density at radius 2 is 1.07 bits per heavy atom. The van der Waals surface area contributed by atoms with E-state index in [-0.39, 0.29) is 0 Å². The van der Waals surface area contributed by atoms with Gasteiger partial charge in [0.2, 0.25) is 0 Å². The molecule has 7 aromatic carbocycles. The number of fused-ring (bicyclic) bond motifs is 3. The molecule has 0 bridgehead atoms. The van der Waals surface area contributed by atoms with Crippen LogP contribution in [-0.4, -0.2) is 4.57 Å². The molecule has 0 amide bonds. The van der Waals surface area contributed by atoms with E-state index >= 15 is 0 Å². The molecule has 1 heterocycles. The van der Waals surface area contributed by atoms with Gasteiger partial charge in [-0.3, -0.25) is 0 Å². The van der Waals surface area contributed by atoms with Crippen molar-refractivity contribution in [1.29, 1.82) is 0 Å². The Hall–Kier alpha value is -6.96. The Bertz CT molecular complexity index is 2850. The van der Waals surface area contributed by atoms with Crippen LogP contribution in [0.15, 0.2) is 223 Å². The van der Waals surface area contributed by atoms with E-state index < -0.39 is 5.41 Å². The SMILES string of the molecule is CC1=C(/C=C(\C)c2ccc(-c3ccc(-c4ccc(-c5ccc6c(c5)C(c5ccccc5)(c5ccccc5)c5ccccc5-6)cc4)n3-c3ccccc3)cc2)C(C)CC=C1. The first-order chi connectivity index (χ1) is 29.0. The van der Waals surface area contributed by atoms with Crippen molar-refractivity contribution in [2.24, 2.45) is 5.92 Å². The van der Waals surface area contributed by atoms with Gasteiger partial charge < -0.3 is 4.57 Å². The first kappa shape index (κ1) is 36.4. The molecule has 0 radical (unpaired) electrons. The molecule has 284 valence electrons. The number of allylic oxidation sites excluding steroid dienone is 6. The number of para-hydroxylation sites is 1. The second-order valence-electron chi connectivity index (χ2n) is 16.2. The topological polar surface area (TPSA) is 4.93 Å². The van der Waals surface area contributed by atoms with Crippen LogP contribution in [0.3, 0.4) is 0 Å². The number of benzene rings is 7. The Morgan fingerprint density at radius 3 is 1.69 bits per heavy atom. The average molecular weight is 758 g/mol. The number of nitrogens with zero attached hydrogens (tertiary/aromatic N) is 1. The molecule has 1 heteroatoms. The van der Waals surface area contributed by atoms with E-state index in [1.807, 2.05) is 0 Å². The summed E-state index contributed by atoms with van der Waals surface area (Å²) in [6.07, 6.45) is 8.04. The minimum absolute atomic E-state index is 0.424. The van der Waals surface area contributed by atoms with Crippen molar-refractivity contribution in [3.8, 4) is 50.5 Å². The van der Waals surface area contributed by atoms with Gasteiger partial charge in [0.1, 0.15) is 0 Å². The van der Waals surface area contributed by atoms with Crippen LogP contribution >= 0.6 is 0 Å². The van der Waals surface area contributed by atoms with Crippen LogP contribution in [0.1, 0.15) is 55.0 Å². The summed E-state index contributed by atoms with van der Waals surface area (Å²) >= 11 is 0. The second-order valence-corrected chi connectivity index (χ2v) is 16.2. The summed E-state index contributed by atoms with van der Waals surface area (Å²) in [5, 5.41) is 0. The lowest BCUT2D eigenvalue weighted by Gasteiger charge is -2.34. The third kappa shape index (κ3) is 6.26. The first-order valence-electron chi connectivity index (χ1n) is 20.9. The molecular formula is C58H47N. The second kappa shape index (κ2) is 15.1. The highest BCUT2D eigenvalue weighted by Gasteiger charge is 2.46. The largest absolute Gasteiger partial charge is 0.309 e. The number of aromatic nitrogens is 1. The average Bonchev–Trinajstić information content (AvgIpc) is 3.87. The smallest absolute Gasteiger partial charge is 0.0713 e. The van der Waals surface area contributed by atoms with Crippen molar-refractivity contribution >= 4 is 5.57 Å². The summed E-state index contributed by atoms with van der Waals surface area (Å²) in [7, 11) is 0. The van der Waals surface area contributed by atoms with Crippen LogP contribution in [0.25, 0.3) is 56.0 Å². The third-order valence-corrected chi connectivity index (χ3v) is 12.7. The molecule has 0 aliphatic heterocycles. The van der Waals surface area contributed by atoms with E-state index in [1.165, 1.54) is 83.6 Å². The van der Waals surface area contributed by atoms with Crippen LogP contribution in [0, 0.1) is 5.92 Å². The van der Waals surface area contributed by atoms with Crippen molar-refractivity contribution in [3.63, 3.8) is 0 Å². The van der Waals surface area contributed by atoms with Crippen molar-refractivity contribution < 1.29 is 0 Å². The molecule has 0 saturated carbocycles. The van der Waals surface area contributed by atoms with E-state index in [0.717, 1.165) is 17.8 Å². The van der Waals surface area contributed by atoms with Gasteiger partial charge in [-0.25, -0.2) is 0 Å². The van der Waals surface area contributed by atoms with Crippen molar-refractivity contribution in [2.45, 2.75) is 32.6 Å². The van der Waals surface area contributed by atoms with Gasteiger partial charge in [-0.2, -0.15) is 0 Å². The number of rotatable bonds is 8. The Kier molecular flexibility index (Phi) is 9.30. The summed E-state index contributed by atoms with van der Waals surface area (Å²) in [6.45, 7) is 6.79. The third-order valence-electron chi connectivity index (χ3n) is 12.7. The molecule has 0 saturated heterocycles. The Balaban J connectivity index is 1.03. The van der Waals surface area contributed by atoms with E-state index in [9.17, 15) is 0 Å². The fourth-order valence-electron chi connectivity index (χ4n) is 9.74. The summed E-state index contributed by atoms with van der Waals surface area (Å²) in [5.41, 5.74) is 21.0. The lowest BCUT2D eigenvalue weighted by atomic mass is 9.67. The Morgan fingerprint density at radius 1 is 0.542 bits per heavy atom. The normalized spacial score (nSPS) is 15.6. The molecule has 0 N–H and O–H groups in total. The molecule has 10 rings (SSSR count). The number of hydrogen-bond donors (Lipinski definition) is 0. The predicted molar refractivity (Wildman–Crippen MR) is 249 cm³/mol. The van der Waals surface area contributed by atoms with Crippen molar-refractivity contribution in [3.05, 3.63) is 251 Å². The Labute approximate surface area is 349 Å². The molecule has 8 aromatic rings. The van der Waals surface area contributed by atoms with E-state index in [4.69, 9.17) is 0 Å². The zero-order valence-corrected chi connectivity index (χ0v) is 33.9. The van der Waals surface area contributed by atoms with Crippen LogP contribution in [0.2, 0.25) is 0 Å². The van der Waals surface area contributed by atoms with E-state index in [0.29, 0.717) is 5.92 Å². The van der Waals surface area contributed by atoms with Gasteiger partial charge in [0.25, 0.3) is 0 Å². The van der Waals surface area contributed by atoms with Crippen LogP contribution in [0.5, 0.6) is 0 Å². The van der Waals surface area contributed by atoms with Crippen molar-refractivity contribution in [2.75, 3.05) is 0 Å².